The molecule has 2 N–H and O–H groups in total. The normalized spacial score (nSPS) is 15.8. The lowest BCUT2D eigenvalue weighted by Crippen LogP contribution is -2.47. The van der Waals surface area contributed by atoms with Gasteiger partial charge in [0.25, 0.3) is 0 Å². The van der Waals surface area contributed by atoms with Gasteiger partial charge in [-0.2, -0.15) is 0 Å². The summed E-state index contributed by atoms with van der Waals surface area (Å²) in [6, 6.07) is 8.18. The number of nitrogens with one attached hydrogen (secondary N) is 1. The third-order valence-electron chi connectivity index (χ3n) is 3.67. The zero-order valence-electron chi connectivity index (χ0n) is 12.6. The molecule has 0 aromatic heterocycles. The Bertz CT molecular complexity index is 364. The first kappa shape index (κ1) is 16.0. The number of benzene rings is 1. The van der Waals surface area contributed by atoms with Gasteiger partial charge in [-0.05, 0) is 37.0 Å². The lowest BCUT2D eigenvalue weighted by molar-refractivity contribution is 0.163. The highest BCUT2D eigenvalue weighted by molar-refractivity contribution is 5.29. The quantitative estimate of drug-likeness (QED) is 0.759. The predicted molar refractivity (Wildman–Crippen MR) is 79.8 cm³/mol. The van der Waals surface area contributed by atoms with Crippen molar-refractivity contribution < 1.29 is 9.84 Å². The van der Waals surface area contributed by atoms with Gasteiger partial charge in [0.2, 0.25) is 0 Å². The highest BCUT2D eigenvalue weighted by Crippen LogP contribution is 2.20. The van der Waals surface area contributed by atoms with Crippen molar-refractivity contribution in [3.63, 3.8) is 0 Å². The molecule has 0 spiro atoms. The number of methoxy groups -OCH3 is 1. The Balaban J connectivity index is 2.56. The molecule has 2 atom stereocenters. The fourth-order valence-corrected chi connectivity index (χ4v) is 2.22. The average molecular weight is 265 g/mol. The summed E-state index contributed by atoms with van der Waals surface area (Å²) in [5, 5.41) is 13.0. The Morgan fingerprint density at radius 1 is 1.32 bits per heavy atom. The molecular weight excluding hydrogens is 238 g/mol. The topological polar surface area (TPSA) is 41.5 Å². The zero-order chi connectivity index (χ0) is 14.3. The van der Waals surface area contributed by atoms with Gasteiger partial charge in [0.05, 0.1) is 13.7 Å². The van der Waals surface area contributed by atoms with Crippen LogP contribution in [0.5, 0.6) is 5.75 Å². The molecule has 1 aromatic carbocycles. The third-order valence-corrected chi connectivity index (χ3v) is 3.67. The van der Waals surface area contributed by atoms with E-state index in [0.29, 0.717) is 5.92 Å². The zero-order valence-corrected chi connectivity index (χ0v) is 12.6. The number of ether oxygens (including phenoxy) is 1. The molecule has 0 aliphatic rings. The van der Waals surface area contributed by atoms with Gasteiger partial charge >= 0.3 is 0 Å². The molecule has 0 aliphatic carbocycles. The molecule has 0 aliphatic heterocycles. The first-order valence-corrected chi connectivity index (χ1v) is 7.04. The van der Waals surface area contributed by atoms with Crippen molar-refractivity contribution in [2.75, 3.05) is 20.3 Å². The summed E-state index contributed by atoms with van der Waals surface area (Å²) in [5.74, 6) is 1.30. The number of rotatable bonds is 8. The SMILES string of the molecule is CCCC(C)(CO)NCC(C)c1ccc(OC)cc1. The second kappa shape index (κ2) is 7.51. The molecule has 2 unspecified atom stereocenters. The van der Waals surface area contributed by atoms with Crippen molar-refractivity contribution in [2.24, 2.45) is 0 Å². The van der Waals surface area contributed by atoms with Crippen molar-refractivity contribution in [3.05, 3.63) is 29.8 Å². The summed E-state index contributed by atoms with van der Waals surface area (Å²) in [6.45, 7) is 7.46. The molecule has 1 aromatic rings. The van der Waals surface area contributed by atoms with Gasteiger partial charge in [-0.3, -0.25) is 0 Å². The Hall–Kier alpha value is -1.06. The van der Waals surface area contributed by atoms with Gasteiger partial charge in [0.15, 0.2) is 0 Å². The van der Waals surface area contributed by atoms with Gasteiger partial charge in [-0.15, -0.1) is 0 Å². The summed E-state index contributed by atoms with van der Waals surface area (Å²) >= 11 is 0. The minimum atomic E-state index is -0.171. The molecule has 19 heavy (non-hydrogen) atoms. The Labute approximate surface area is 117 Å². The maximum Gasteiger partial charge on any atom is 0.118 e. The monoisotopic (exact) mass is 265 g/mol. The summed E-state index contributed by atoms with van der Waals surface area (Å²) in [6.07, 6.45) is 2.06. The van der Waals surface area contributed by atoms with Crippen LogP contribution in [0.15, 0.2) is 24.3 Å². The van der Waals surface area contributed by atoms with E-state index in [1.54, 1.807) is 7.11 Å². The van der Waals surface area contributed by atoms with Crippen LogP contribution in [0, 0.1) is 0 Å². The number of aliphatic hydroxyl groups is 1. The lowest BCUT2D eigenvalue weighted by Gasteiger charge is -2.30. The summed E-state index contributed by atoms with van der Waals surface area (Å²) in [4.78, 5) is 0. The number of aliphatic hydroxyl groups excluding tert-OH is 1. The molecule has 0 fully saturated rings. The highest BCUT2D eigenvalue weighted by atomic mass is 16.5. The second-order valence-electron chi connectivity index (χ2n) is 5.52. The third kappa shape index (κ3) is 4.84. The van der Waals surface area contributed by atoms with E-state index in [2.05, 4.69) is 38.2 Å². The van der Waals surface area contributed by atoms with Crippen molar-refractivity contribution in [2.45, 2.75) is 45.1 Å². The van der Waals surface area contributed by atoms with Gasteiger partial charge in [-0.1, -0.05) is 32.4 Å². The number of hydrogen-bond donors (Lipinski definition) is 2. The molecule has 3 nitrogen and oxygen atoms in total. The van der Waals surface area contributed by atoms with E-state index in [4.69, 9.17) is 4.74 Å². The van der Waals surface area contributed by atoms with Gasteiger partial charge in [0, 0.05) is 12.1 Å². The van der Waals surface area contributed by atoms with Crippen LogP contribution in [-0.2, 0) is 0 Å². The van der Waals surface area contributed by atoms with Crippen LogP contribution < -0.4 is 10.1 Å². The fraction of sp³-hybridized carbons (Fsp3) is 0.625. The maximum absolute atomic E-state index is 9.49. The number of hydrogen-bond acceptors (Lipinski definition) is 3. The molecule has 0 amide bonds. The molecule has 1 rings (SSSR count). The smallest absolute Gasteiger partial charge is 0.118 e. The summed E-state index contributed by atoms with van der Waals surface area (Å²) in [7, 11) is 1.68. The first-order valence-electron chi connectivity index (χ1n) is 7.04. The van der Waals surface area contributed by atoms with Crippen LogP contribution in [0.2, 0.25) is 0 Å². The average Bonchev–Trinajstić information content (AvgIpc) is 2.45. The lowest BCUT2D eigenvalue weighted by atomic mass is 9.94. The van der Waals surface area contributed by atoms with E-state index in [1.807, 2.05) is 12.1 Å². The Kier molecular flexibility index (Phi) is 6.32. The highest BCUT2D eigenvalue weighted by Gasteiger charge is 2.22. The second-order valence-corrected chi connectivity index (χ2v) is 5.52. The van der Waals surface area contributed by atoms with E-state index in [1.165, 1.54) is 5.56 Å². The summed E-state index contributed by atoms with van der Waals surface area (Å²) < 4.78 is 5.16. The van der Waals surface area contributed by atoms with Crippen LogP contribution in [0.25, 0.3) is 0 Å². The standard InChI is InChI=1S/C16H27NO2/c1-5-10-16(3,12-18)17-11-13(2)14-6-8-15(19-4)9-7-14/h6-9,13,17-18H,5,10-12H2,1-4H3. The van der Waals surface area contributed by atoms with Crippen molar-refractivity contribution in [3.8, 4) is 5.75 Å². The van der Waals surface area contributed by atoms with Crippen LogP contribution in [-0.4, -0.2) is 30.9 Å². The van der Waals surface area contributed by atoms with E-state index in [-0.39, 0.29) is 12.1 Å². The van der Waals surface area contributed by atoms with E-state index >= 15 is 0 Å². The van der Waals surface area contributed by atoms with Crippen LogP contribution in [0.3, 0.4) is 0 Å². The van der Waals surface area contributed by atoms with Gasteiger partial charge < -0.3 is 15.2 Å². The molecule has 3 heteroatoms. The minimum absolute atomic E-state index is 0.171. The molecule has 108 valence electrons. The molecule has 0 heterocycles. The molecule has 0 bridgehead atoms. The van der Waals surface area contributed by atoms with Crippen LogP contribution >= 0.6 is 0 Å². The minimum Gasteiger partial charge on any atom is -0.497 e. The molecule has 0 saturated carbocycles. The Morgan fingerprint density at radius 2 is 1.95 bits per heavy atom. The predicted octanol–water partition coefficient (Wildman–Crippen LogP) is 2.94. The Morgan fingerprint density at radius 3 is 2.42 bits per heavy atom. The van der Waals surface area contributed by atoms with Crippen LogP contribution in [0.4, 0.5) is 0 Å². The van der Waals surface area contributed by atoms with Crippen molar-refractivity contribution in [1.82, 2.24) is 5.32 Å². The van der Waals surface area contributed by atoms with E-state index in [9.17, 15) is 5.11 Å². The largest absolute Gasteiger partial charge is 0.497 e. The molecule has 0 radical (unpaired) electrons. The van der Waals surface area contributed by atoms with E-state index < -0.39 is 0 Å². The molecular formula is C16H27NO2. The first-order chi connectivity index (χ1) is 9.04. The fourth-order valence-electron chi connectivity index (χ4n) is 2.22. The maximum atomic E-state index is 9.49. The summed E-state index contributed by atoms with van der Waals surface area (Å²) in [5.41, 5.74) is 1.11. The molecule has 0 saturated heterocycles. The van der Waals surface area contributed by atoms with E-state index in [0.717, 1.165) is 25.1 Å². The van der Waals surface area contributed by atoms with Gasteiger partial charge in [0.1, 0.15) is 5.75 Å². The van der Waals surface area contributed by atoms with Crippen molar-refractivity contribution in [1.29, 1.82) is 0 Å². The van der Waals surface area contributed by atoms with Crippen LogP contribution in [0.1, 0.15) is 45.1 Å². The van der Waals surface area contributed by atoms with Gasteiger partial charge in [-0.25, -0.2) is 0 Å². The van der Waals surface area contributed by atoms with Crippen molar-refractivity contribution >= 4 is 0 Å².